The minimum Gasteiger partial charge on any atom is -0.508 e. The zero-order valence-electron chi connectivity index (χ0n) is 16.2. The molecule has 148 valence electrons. The van der Waals surface area contributed by atoms with Crippen LogP contribution in [-0.4, -0.2) is 42.1 Å². The third kappa shape index (κ3) is 4.69. The van der Waals surface area contributed by atoms with E-state index in [4.69, 9.17) is 4.74 Å². The van der Waals surface area contributed by atoms with Crippen LogP contribution in [0.5, 0.6) is 11.5 Å². The average molecular weight is 388 g/mol. The zero-order chi connectivity index (χ0) is 20.1. The molecular formula is C24H24N2O3. The van der Waals surface area contributed by atoms with E-state index in [-0.39, 0.29) is 11.7 Å². The van der Waals surface area contributed by atoms with E-state index in [9.17, 15) is 9.90 Å². The lowest BCUT2D eigenvalue weighted by atomic mass is 10.1. The molecule has 5 nitrogen and oxygen atoms in total. The lowest BCUT2D eigenvalue weighted by Gasteiger charge is -2.36. The quantitative estimate of drug-likeness (QED) is 0.720. The summed E-state index contributed by atoms with van der Waals surface area (Å²) in [5.41, 5.74) is 2.85. The largest absolute Gasteiger partial charge is 0.508 e. The van der Waals surface area contributed by atoms with Crippen LogP contribution in [-0.2, 0) is 6.61 Å². The molecular weight excluding hydrogens is 364 g/mol. The van der Waals surface area contributed by atoms with Crippen LogP contribution in [0.4, 0.5) is 5.69 Å². The van der Waals surface area contributed by atoms with E-state index in [1.54, 1.807) is 12.1 Å². The number of piperazine rings is 1. The summed E-state index contributed by atoms with van der Waals surface area (Å²) in [6.45, 7) is 3.40. The Bertz CT molecular complexity index is 932. The molecule has 3 aromatic carbocycles. The van der Waals surface area contributed by atoms with Crippen LogP contribution in [0.1, 0.15) is 15.9 Å². The summed E-state index contributed by atoms with van der Waals surface area (Å²) in [5.74, 6) is 1.06. The third-order valence-electron chi connectivity index (χ3n) is 5.13. The normalized spacial score (nSPS) is 13.9. The molecule has 0 atom stereocenters. The van der Waals surface area contributed by atoms with E-state index in [2.05, 4.69) is 4.90 Å². The van der Waals surface area contributed by atoms with Crippen LogP contribution >= 0.6 is 0 Å². The number of hydrogen-bond acceptors (Lipinski definition) is 4. The highest BCUT2D eigenvalue weighted by Gasteiger charge is 2.22. The first kappa shape index (κ1) is 18.9. The first-order chi connectivity index (χ1) is 14.2. The second-order valence-corrected chi connectivity index (χ2v) is 7.09. The molecule has 3 aromatic rings. The van der Waals surface area contributed by atoms with Crippen molar-refractivity contribution in [2.75, 3.05) is 31.1 Å². The Morgan fingerprint density at radius 1 is 0.828 bits per heavy atom. The first-order valence-corrected chi connectivity index (χ1v) is 9.79. The molecule has 4 rings (SSSR count). The second kappa shape index (κ2) is 8.69. The molecule has 1 fully saturated rings. The molecule has 1 N–H and O–H groups in total. The van der Waals surface area contributed by atoms with Gasteiger partial charge in [-0.1, -0.05) is 30.3 Å². The molecule has 5 heteroatoms. The van der Waals surface area contributed by atoms with Gasteiger partial charge in [0.1, 0.15) is 18.1 Å². The Balaban J connectivity index is 1.31. The SMILES string of the molecule is O=C(c1ccc(OCc2ccccc2)cc1)N1CCN(c2ccc(O)cc2)CC1. The summed E-state index contributed by atoms with van der Waals surface area (Å²) in [6, 6.07) is 24.5. The van der Waals surface area contributed by atoms with Crippen LogP contribution in [0.25, 0.3) is 0 Å². The van der Waals surface area contributed by atoms with Gasteiger partial charge in [0.2, 0.25) is 0 Å². The van der Waals surface area contributed by atoms with Crippen LogP contribution in [0.15, 0.2) is 78.9 Å². The molecule has 1 heterocycles. The lowest BCUT2D eigenvalue weighted by molar-refractivity contribution is 0.0746. The summed E-state index contributed by atoms with van der Waals surface area (Å²) >= 11 is 0. The molecule has 0 aliphatic carbocycles. The van der Waals surface area contributed by atoms with Gasteiger partial charge in [-0.3, -0.25) is 4.79 Å². The number of nitrogens with zero attached hydrogens (tertiary/aromatic N) is 2. The van der Waals surface area contributed by atoms with Crippen molar-refractivity contribution in [2.45, 2.75) is 6.61 Å². The molecule has 0 spiro atoms. The second-order valence-electron chi connectivity index (χ2n) is 7.09. The van der Waals surface area contributed by atoms with Gasteiger partial charge < -0.3 is 19.6 Å². The topological polar surface area (TPSA) is 53.0 Å². The Morgan fingerprint density at radius 2 is 1.48 bits per heavy atom. The number of benzene rings is 3. The maximum Gasteiger partial charge on any atom is 0.253 e. The van der Waals surface area contributed by atoms with Gasteiger partial charge >= 0.3 is 0 Å². The number of rotatable bonds is 5. The Labute approximate surface area is 170 Å². The van der Waals surface area contributed by atoms with Crippen molar-refractivity contribution >= 4 is 11.6 Å². The number of phenolic OH excluding ortho intramolecular Hbond substituents is 1. The van der Waals surface area contributed by atoms with Gasteiger partial charge in [0, 0.05) is 37.4 Å². The number of phenols is 1. The smallest absolute Gasteiger partial charge is 0.253 e. The summed E-state index contributed by atoms with van der Waals surface area (Å²) in [5, 5.41) is 9.43. The fourth-order valence-corrected chi connectivity index (χ4v) is 3.45. The molecule has 1 aliphatic rings. The highest BCUT2D eigenvalue weighted by atomic mass is 16.5. The van der Waals surface area contributed by atoms with Gasteiger partial charge in [-0.15, -0.1) is 0 Å². The summed E-state index contributed by atoms with van der Waals surface area (Å²) < 4.78 is 5.79. The summed E-state index contributed by atoms with van der Waals surface area (Å²) in [6.07, 6.45) is 0. The van der Waals surface area contributed by atoms with Crippen LogP contribution in [0.3, 0.4) is 0 Å². The van der Waals surface area contributed by atoms with E-state index in [0.29, 0.717) is 25.3 Å². The molecule has 0 unspecified atom stereocenters. The number of hydrogen-bond donors (Lipinski definition) is 1. The van der Waals surface area contributed by atoms with Crippen molar-refractivity contribution in [3.05, 3.63) is 90.0 Å². The number of carbonyl (C=O) groups is 1. The predicted molar refractivity (Wildman–Crippen MR) is 113 cm³/mol. The van der Waals surface area contributed by atoms with Gasteiger partial charge in [-0.2, -0.15) is 0 Å². The minimum atomic E-state index is 0.0463. The molecule has 1 amide bonds. The Hall–Kier alpha value is -3.47. The number of ether oxygens (including phenoxy) is 1. The standard InChI is InChI=1S/C24H24N2O3/c27-22-10-8-21(9-11-22)25-14-16-26(17-15-25)24(28)20-6-12-23(13-7-20)29-18-19-4-2-1-3-5-19/h1-13,27H,14-18H2. The van der Waals surface area contributed by atoms with E-state index >= 15 is 0 Å². The van der Waals surface area contributed by atoms with Gasteiger partial charge in [0.25, 0.3) is 5.91 Å². The first-order valence-electron chi connectivity index (χ1n) is 9.79. The van der Waals surface area contributed by atoms with Crippen molar-refractivity contribution < 1.29 is 14.6 Å². The molecule has 0 radical (unpaired) electrons. The molecule has 1 saturated heterocycles. The Morgan fingerprint density at radius 3 is 2.14 bits per heavy atom. The van der Waals surface area contributed by atoms with Gasteiger partial charge in [0.05, 0.1) is 0 Å². The predicted octanol–water partition coefficient (Wildman–Crippen LogP) is 3.93. The summed E-state index contributed by atoms with van der Waals surface area (Å²) in [7, 11) is 0. The van der Waals surface area contributed by atoms with Crippen molar-refractivity contribution in [3.8, 4) is 11.5 Å². The fourth-order valence-electron chi connectivity index (χ4n) is 3.45. The van der Waals surface area contributed by atoms with Crippen LogP contribution in [0, 0.1) is 0 Å². The lowest BCUT2D eigenvalue weighted by Crippen LogP contribution is -2.48. The van der Waals surface area contributed by atoms with Gasteiger partial charge in [0.15, 0.2) is 0 Å². The fraction of sp³-hybridized carbons (Fsp3) is 0.208. The molecule has 0 bridgehead atoms. The monoisotopic (exact) mass is 388 g/mol. The number of carbonyl (C=O) groups excluding carboxylic acids is 1. The average Bonchev–Trinajstić information content (AvgIpc) is 2.79. The van der Waals surface area contributed by atoms with E-state index in [0.717, 1.165) is 30.1 Å². The zero-order valence-corrected chi connectivity index (χ0v) is 16.2. The van der Waals surface area contributed by atoms with Gasteiger partial charge in [-0.25, -0.2) is 0 Å². The van der Waals surface area contributed by atoms with E-state index < -0.39 is 0 Å². The van der Waals surface area contributed by atoms with Crippen molar-refractivity contribution in [1.82, 2.24) is 4.90 Å². The molecule has 0 saturated carbocycles. The summed E-state index contributed by atoms with van der Waals surface area (Å²) in [4.78, 5) is 16.9. The number of aromatic hydroxyl groups is 1. The highest BCUT2D eigenvalue weighted by molar-refractivity contribution is 5.94. The number of amides is 1. The minimum absolute atomic E-state index is 0.0463. The van der Waals surface area contributed by atoms with Crippen molar-refractivity contribution in [1.29, 1.82) is 0 Å². The third-order valence-corrected chi connectivity index (χ3v) is 5.13. The maximum atomic E-state index is 12.8. The molecule has 0 aromatic heterocycles. The van der Waals surface area contributed by atoms with Crippen LogP contribution < -0.4 is 9.64 Å². The van der Waals surface area contributed by atoms with Crippen molar-refractivity contribution in [3.63, 3.8) is 0 Å². The van der Waals surface area contributed by atoms with Crippen LogP contribution in [0.2, 0.25) is 0 Å². The number of anilines is 1. The van der Waals surface area contributed by atoms with E-state index in [1.165, 1.54) is 0 Å². The van der Waals surface area contributed by atoms with E-state index in [1.807, 2.05) is 71.6 Å². The van der Waals surface area contributed by atoms with Crippen molar-refractivity contribution in [2.24, 2.45) is 0 Å². The molecule has 1 aliphatic heterocycles. The highest BCUT2D eigenvalue weighted by Crippen LogP contribution is 2.21. The maximum absolute atomic E-state index is 12.8. The molecule has 29 heavy (non-hydrogen) atoms. The Kier molecular flexibility index (Phi) is 5.66. The van der Waals surface area contributed by atoms with Gasteiger partial charge in [-0.05, 0) is 54.1 Å².